The standard InChI is InChI=1S/C25H22N8O/c26-24-20-7-6-19(12-23(20)34-31-24)13-28-25-21-16-33(30-22(21)8-10-27-25)15-18-4-2-17(3-5-18)14-32-11-1-9-29-32/h1-12,16H,13-15H2,(H2,26,31)(H,27,28). The van der Waals surface area contributed by atoms with Crippen LogP contribution in [0.4, 0.5) is 11.6 Å². The number of benzene rings is 2. The Hall–Kier alpha value is -4.66. The lowest BCUT2D eigenvalue weighted by Gasteiger charge is -2.06. The van der Waals surface area contributed by atoms with E-state index in [-0.39, 0.29) is 0 Å². The van der Waals surface area contributed by atoms with Crippen molar-refractivity contribution in [1.82, 2.24) is 29.7 Å². The predicted octanol–water partition coefficient (Wildman–Crippen LogP) is 4.06. The van der Waals surface area contributed by atoms with E-state index >= 15 is 0 Å². The fourth-order valence-electron chi connectivity index (χ4n) is 4.03. The zero-order chi connectivity index (χ0) is 22.9. The number of pyridine rings is 1. The van der Waals surface area contributed by atoms with Crippen molar-refractivity contribution in [3.05, 3.63) is 96.1 Å². The van der Waals surface area contributed by atoms with Gasteiger partial charge in [0.1, 0.15) is 5.82 Å². The van der Waals surface area contributed by atoms with Crippen LogP contribution in [0.1, 0.15) is 16.7 Å². The number of nitrogens with zero attached hydrogens (tertiary/aromatic N) is 6. The molecule has 0 radical (unpaired) electrons. The third-order valence-electron chi connectivity index (χ3n) is 5.78. The minimum absolute atomic E-state index is 0.404. The average Bonchev–Trinajstić information content (AvgIpc) is 3.59. The van der Waals surface area contributed by atoms with E-state index in [2.05, 4.69) is 44.8 Å². The van der Waals surface area contributed by atoms with Crippen molar-refractivity contribution in [3.8, 4) is 0 Å². The van der Waals surface area contributed by atoms with Crippen LogP contribution in [0.5, 0.6) is 0 Å². The van der Waals surface area contributed by atoms with Crippen molar-refractivity contribution in [2.45, 2.75) is 19.6 Å². The Balaban J connectivity index is 1.17. The normalized spacial score (nSPS) is 11.4. The van der Waals surface area contributed by atoms with Crippen LogP contribution in [0.25, 0.3) is 21.9 Å². The van der Waals surface area contributed by atoms with Crippen LogP contribution in [-0.2, 0) is 19.6 Å². The van der Waals surface area contributed by atoms with E-state index in [9.17, 15) is 0 Å². The molecule has 2 aromatic carbocycles. The van der Waals surface area contributed by atoms with E-state index < -0.39 is 0 Å². The first-order valence-electron chi connectivity index (χ1n) is 11.0. The first-order valence-corrected chi connectivity index (χ1v) is 11.0. The van der Waals surface area contributed by atoms with Gasteiger partial charge in [-0.2, -0.15) is 10.2 Å². The fourth-order valence-corrected chi connectivity index (χ4v) is 4.03. The lowest BCUT2D eigenvalue weighted by atomic mass is 10.1. The minimum atomic E-state index is 0.404. The van der Waals surface area contributed by atoms with Crippen molar-refractivity contribution in [2.75, 3.05) is 11.1 Å². The lowest BCUT2D eigenvalue weighted by Crippen LogP contribution is -2.02. The molecule has 0 aliphatic heterocycles. The van der Waals surface area contributed by atoms with Crippen LogP contribution >= 0.6 is 0 Å². The Morgan fingerprint density at radius 1 is 0.882 bits per heavy atom. The molecule has 168 valence electrons. The van der Waals surface area contributed by atoms with Gasteiger partial charge < -0.3 is 15.6 Å². The summed E-state index contributed by atoms with van der Waals surface area (Å²) in [6.45, 7) is 2.03. The van der Waals surface area contributed by atoms with Gasteiger partial charge in [-0.05, 0) is 41.0 Å². The molecule has 34 heavy (non-hydrogen) atoms. The number of rotatable bonds is 7. The topological polar surface area (TPSA) is 113 Å². The van der Waals surface area contributed by atoms with Gasteiger partial charge in [-0.25, -0.2) is 4.98 Å². The second-order valence-electron chi connectivity index (χ2n) is 8.19. The van der Waals surface area contributed by atoms with E-state index in [1.54, 1.807) is 12.4 Å². The number of anilines is 2. The molecule has 0 bridgehead atoms. The van der Waals surface area contributed by atoms with E-state index in [1.165, 1.54) is 11.1 Å². The summed E-state index contributed by atoms with van der Waals surface area (Å²) >= 11 is 0. The number of nitrogens with one attached hydrogen (secondary N) is 1. The van der Waals surface area contributed by atoms with Gasteiger partial charge in [0.25, 0.3) is 0 Å². The molecule has 6 rings (SSSR count). The molecular formula is C25H22N8O. The Morgan fingerprint density at radius 3 is 2.47 bits per heavy atom. The van der Waals surface area contributed by atoms with E-state index in [1.807, 2.05) is 52.1 Å². The maximum absolute atomic E-state index is 5.80. The highest BCUT2D eigenvalue weighted by Gasteiger charge is 2.09. The average molecular weight is 451 g/mol. The summed E-state index contributed by atoms with van der Waals surface area (Å²) < 4.78 is 9.13. The van der Waals surface area contributed by atoms with Crippen LogP contribution in [0.2, 0.25) is 0 Å². The smallest absolute Gasteiger partial charge is 0.174 e. The van der Waals surface area contributed by atoms with Crippen LogP contribution in [0.15, 0.2) is 83.9 Å². The SMILES string of the molecule is Nc1noc2cc(CNc3nccc4nn(Cc5ccc(Cn6cccn6)cc5)cc34)ccc12. The zero-order valence-electron chi connectivity index (χ0n) is 18.3. The number of nitrogens with two attached hydrogens (primary N) is 1. The van der Waals surface area contributed by atoms with E-state index in [0.29, 0.717) is 24.5 Å². The van der Waals surface area contributed by atoms with Crippen LogP contribution in [-0.4, -0.2) is 29.7 Å². The highest BCUT2D eigenvalue weighted by Crippen LogP contribution is 2.24. The number of hydrogen-bond acceptors (Lipinski definition) is 7. The summed E-state index contributed by atoms with van der Waals surface area (Å²) in [6, 6.07) is 18.2. The first kappa shape index (κ1) is 20.0. The predicted molar refractivity (Wildman–Crippen MR) is 130 cm³/mol. The van der Waals surface area contributed by atoms with E-state index in [4.69, 9.17) is 15.4 Å². The minimum Gasteiger partial charge on any atom is -0.380 e. The maximum Gasteiger partial charge on any atom is 0.174 e. The van der Waals surface area contributed by atoms with Crippen molar-refractivity contribution in [3.63, 3.8) is 0 Å². The molecule has 0 amide bonds. The molecule has 0 spiro atoms. The molecule has 0 aliphatic carbocycles. The molecule has 9 nitrogen and oxygen atoms in total. The molecule has 6 aromatic rings. The molecule has 0 saturated heterocycles. The number of fused-ring (bicyclic) bond motifs is 2. The molecule has 4 heterocycles. The third kappa shape index (κ3) is 3.95. The summed E-state index contributed by atoms with van der Waals surface area (Å²) in [7, 11) is 0. The molecule has 0 saturated carbocycles. The number of hydrogen-bond donors (Lipinski definition) is 2. The monoisotopic (exact) mass is 450 g/mol. The highest BCUT2D eigenvalue weighted by molar-refractivity contribution is 5.89. The summed E-state index contributed by atoms with van der Waals surface area (Å²) in [4.78, 5) is 4.53. The van der Waals surface area contributed by atoms with Crippen LogP contribution in [0, 0.1) is 0 Å². The van der Waals surface area contributed by atoms with Crippen LogP contribution < -0.4 is 11.1 Å². The Bertz CT molecular complexity index is 1560. The van der Waals surface area contributed by atoms with Crippen LogP contribution in [0.3, 0.4) is 0 Å². The summed E-state index contributed by atoms with van der Waals surface area (Å²) in [5.41, 5.74) is 10.8. The number of nitrogen functional groups attached to an aromatic ring is 1. The zero-order valence-corrected chi connectivity index (χ0v) is 18.3. The second kappa shape index (κ2) is 8.36. The van der Waals surface area contributed by atoms with Gasteiger partial charge in [0.15, 0.2) is 11.4 Å². The quantitative estimate of drug-likeness (QED) is 0.377. The molecule has 4 aromatic heterocycles. The molecule has 0 unspecified atom stereocenters. The molecule has 9 heteroatoms. The van der Waals surface area contributed by atoms with Crippen molar-refractivity contribution in [2.24, 2.45) is 0 Å². The Morgan fingerprint density at radius 2 is 1.68 bits per heavy atom. The van der Waals surface area contributed by atoms with Gasteiger partial charge in [0, 0.05) is 31.3 Å². The lowest BCUT2D eigenvalue weighted by molar-refractivity contribution is 0.460. The Labute approximate surface area is 194 Å². The molecular weight excluding hydrogens is 428 g/mol. The van der Waals surface area contributed by atoms with Gasteiger partial charge in [-0.3, -0.25) is 9.36 Å². The molecule has 3 N–H and O–H groups in total. The Kier molecular flexibility index (Phi) is 4.91. The van der Waals surface area contributed by atoms with Crippen molar-refractivity contribution < 1.29 is 4.52 Å². The van der Waals surface area contributed by atoms with E-state index in [0.717, 1.165) is 34.2 Å². The van der Waals surface area contributed by atoms with Gasteiger partial charge in [-0.1, -0.05) is 35.5 Å². The van der Waals surface area contributed by atoms with Gasteiger partial charge >= 0.3 is 0 Å². The van der Waals surface area contributed by atoms with Gasteiger partial charge in [0.2, 0.25) is 0 Å². The van der Waals surface area contributed by atoms with Crippen molar-refractivity contribution >= 4 is 33.5 Å². The number of aromatic nitrogens is 6. The fraction of sp³-hybridized carbons (Fsp3) is 0.120. The van der Waals surface area contributed by atoms with Gasteiger partial charge in [0.05, 0.1) is 29.4 Å². The largest absolute Gasteiger partial charge is 0.380 e. The first-order chi connectivity index (χ1) is 16.7. The summed E-state index contributed by atoms with van der Waals surface area (Å²) in [5.74, 6) is 1.19. The molecule has 0 fully saturated rings. The second-order valence-corrected chi connectivity index (χ2v) is 8.19. The molecule has 0 aliphatic rings. The van der Waals surface area contributed by atoms with Gasteiger partial charge in [-0.15, -0.1) is 0 Å². The maximum atomic E-state index is 5.80. The highest BCUT2D eigenvalue weighted by atomic mass is 16.5. The summed E-state index contributed by atoms with van der Waals surface area (Å²) in [6.07, 6.45) is 7.56. The van der Waals surface area contributed by atoms with Crippen molar-refractivity contribution in [1.29, 1.82) is 0 Å². The molecule has 0 atom stereocenters. The summed E-state index contributed by atoms with van der Waals surface area (Å²) in [5, 5.41) is 18.0. The third-order valence-corrected chi connectivity index (χ3v) is 5.78.